The Bertz CT molecular complexity index is 776. The zero-order chi connectivity index (χ0) is 19.0. The largest absolute Gasteiger partial charge is 0.422 e. The van der Waals surface area contributed by atoms with Gasteiger partial charge in [0.05, 0.1) is 15.9 Å². The number of benzene rings is 2. The lowest BCUT2D eigenvalue weighted by Crippen LogP contribution is -2.18. The number of hydrogen-bond acceptors (Lipinski definition) is 3. The molecule has 0 atom stereocenters. The maximum Gasteiger partial charge on any atom is 0.345 e. The Balaban J connectivity index is 2.34. The standard InChI is InChI=1S/C21H26ClO3P/c1-3-5-15-26(24,16-6-4-2)20-14-10-9-13-19(20)25-21(23)17-11-7-8-12-18(17)22/h7-14H,3-6,15-16H2,1-2H3. The first-order valence-electron chi connectivity index (χ1n) is 9.16. The minimum atomic E-state index is -2.61. The van der Waals surface area contributed by atoms with E-state index in [1.165, 1.54) is 0 Å². The zero-order valence-electron chi connectivity index (χ0n) is 15.4. The van der Waals surface area contributed by atoms with Gasteiger partial charge in [0.2, 0.25) is 0 Å². The van der Waals surface area contributed by atoms with Gasteiger partial charge in [-0.15, -0.1) is 0 Å². The van der Waals surface area contributed by atoms with Gasteiger partial charge in [-0.05, 0) is 37.1 Å². The second kappa shape index (κ2) is 9.94. The van der Waals surface area contributed by atoms with Gasteiger partial charge < -0.3 is 9.30 Å². The second-order valence-corrected chi connectivity index (χ2v) is 9.94. The van der Waals surface area contributed by atoms with E-state index >= 15 is 0 Å². The summed E-state index contributed by atoms with van der Waals surface area (Å²) < 4.78 is 19.3. The first-order chi connectivity index (χ1) is 12.5. The van der Waals surface area contributed by atoms with Gasteiger partial charge in [-0.2, -0.15) is 0 Å². The molecule has 2 aromatic carbocycles. The molecule has 0 aromatic heterocycles. The SMILES string of the molecule is CCCCP(=O)(CCCC)c1ccccc1OC(=O)c1ccccc1Cl. The summed E-state index contributed by atoms with van der Waals surface area (Å²) in [6, 6.07) is 14.0. The number of ether oxygens (including phenoxy) is 1. The Kier molecular flexibility index (Phi) is 7.93. The molecular formula is C21H26ClO3P. The van der Waals surface area contributed by atoms with Crippen LogP contribution in [0, 0.1) is 0 Å². The van der Waals surface area contributed by atoms with Crippen LogP contribution in [0.2, 0.25) is 5.02 Å². The van der Waals surface area contributed by atoms with Crippen LogP contribution in [0.1, 0.15) is 49.9 Å². The summed E-state index contributed by atoms with van der Waals surface area (Å²) in [6.07, 6.45) is 5.05. The molecule has 0 aliphatic rings. The minimum absolute atomic E-state index is 0.306. The maximum atomic E-state index is 13.7. The third-order valence-electron chi connectivity index (χ3n) is 4.35. The fraction of sp³-hybridized carbons (Fsp3) is 0.381. The predicted molar refractivity (Wildman–Crippen MR) is 110 cm³/mol. The van der Waals surface area contributed by atoms with E-state index in [1.807, 2.05) is 12.1 Å². The van der Waals surface area contributed by atoms with Crippen LogP contribution < -0.4 is 10.0 Å². The molecule has 5 heteroatoms. The van der Waals surface area contributed by atoms with E-state index < -0.39 is 13.1 Å². The number of carbonyl (C=O) groups excluding carboxylic acids is 1. The smallest absolute Gasteiger partial charge is 0.345 e. The highest BCUT2D eigenvalue weighted by atomic mass is 35.5. The van der Waals surface area contributed by atoms with E-state index in [-0.39, 0.29) is 0 Å². The Morgan fingerprint density at radius 2 is 1.54 bits per heavy atom. The van der Waals surface area contributed by atoms with Crippen LogP contribution in [0.25, 0.3) is 0 Å². The Morgan fingerprint density at radius 3 is 2.15 bits per heavy atom. The molecular weight excluding hydrogens is 367 g/mol. The molecule has 0 saturated carbocycles. The van der Waals surface area contributed by atoms with Crippen LogP contribution in [0.4, 0.5) is 0 Å². The van der Waals surface area contributed by atoms with Crippen molar-refractivity contribution in [2.24, 2.45) is 0 Å². The van der Waals surface area contributed by atoms with Crippen molar-refractivity contribution < 1.29 is 14.1 Å². The number of esters is 1. The Morgan fingerprint density at radius 1 is 0.962 bits per heavy atom. The molecule has 0 amide bonds. The first-order valence-corrected chi connectivity index (χ1v) is 11.6. The van der Waals surface area contributed by atoms with Crippen LogP contribution in [0.5, 0.6) is 5.75 Å². The number of rotatable bonds is 9. The molecule has 0 aliphatic carbocycles. The topological polar surface area (TPSA) is 43.4 Å². The molecule has 2 rings (SSSR count). The van der Waals surface area contributed by atoms with Crippen molar-refractivity contribution in [1.82, 2.24) is 0 Å². The average Bonchev–Trinajstić information content (AvgIpc) is 2.65. The van der Waals surface area contributed by atoms with E-state index in [4.69, 9.17) is 16.3 Å². The number of hydrogen-bond donors (Lipinski definition) is 0. The van der Waals surface area contributed by atoms with Crippen LogP contribution in [0.15, 0.2) is 48.5 Å². The van der Waals surface area contributed by atoms with E-state index in [0.29, 0.717) is 34.0 Å². The highest BCUT2D eigenvalue weighted by molar-refractivity contribution is 7.71. The van der Waals surface area contributed by atoms with Gasteiger partial charge in [-0.1, -0.05) is 62.6 Å². The van der Waals surface area contributed by atoms with Crippen LogP contribution in [-0.2, 0) is 4.57 Å². The Labute approximate surface area is 161 Å². The van der Waals surface area contributed by atoms with Crippen molar-refractivity contribution in [2.75, 3.05) is 12.3 Å². The number of para-hydroxylation sites is 1. The first kappa shape index (κ1) is 20.7. The highest BCUT2D eigenvalue weighted by Crippen LogP contribution is 2.48. The third kappa shape index (κ3) is 5.22. The lowest BCUT2D eigenvalue weighted by Gasteiger charge is -2.21. The Hall–Kier alpha value is -1.57. The second-order valence-electron chi connectivity index (χ2n) is 6.38. The van der Waals surface area contributed by atoms with Crippen LogP contribution >= 0.6 is 18.7 Å². The zero-order valence-corrected chi connectivity index (χ0v) is 17.1. The van der Waals surface area contributed by atoms with Gasteiger partial charge in [-0.25, -0.2) is 4.79 Å². The summed E-state index contributed by atoms with van der Waals surface area (Å²) >= 11 is 6.10. The molecule has 26 heavy (non-hydrogen) atoms. The summed E-state index contributed by atoms with van der Waals surface area (Å²) in [7, 11) is -2.61. The lowest BCUT2D eigenvalue weighted by atomic mass is 10.2. The van der Waals surface area contributed by atoms with Crippen molar-refractivity contribution in [3.8, 4) is 5.75 Å². The molecule has 0 unspecified atom stereocenters. The van der Waals surface area contributed by atoms with Crippen molar-refractivity contribution in [2.45, 2.75) is 39.5 Å². The fourth-order valence-corrected chi connectivity index (χ4v) is 6.29. The molecule has 0 heterocycles. The molecule has 0 saturated heterocycles. The summed E-state index contributed by atoms with van der Waals surface area (Å²) in [5, 5.41) is 1.01. The van der Waals surface area contributed by atoms with Gasteiger partial charge >= 0.3 is 5.97 Å². The van der Waals surface area contributed by atoms with Crippen LogP contribution in [0.3, 0.4) is 0 Å². The predicted octanol–water partition coefficient (Wildman–Crippen LogP) is 6.15. The molecule has 0 N–H and O–H groups in total. The van der Waals surface area contributed by atoms with Crippen molar-refractivity contribution in [1.29, 1.82) is 0 Å². The van der Waals surface area contributed by atoms with E-state index in [2.05, 4.69) is 13.8 Å². The van der Waals surface area contributed by atoms with E-state index in [1.54, 1.807) is 36.4 Å². The van der Waals surface area contributed by atoms with Crippen LogP contribution in [-0.4, -0.2) is 18.3 Å². The van der Waals surface area contributed by atoms with Gasteiger partial charge in [0, 0.05) is 12.3 Å². The lowest BCUT2D eigenvalue weighted by molar-refractivity contribution is 0.0736. The number of halogens is 1. The van der Waals surface area contributed by atoms with Gasteiger partial charge in [0.25, 0.3) is 0 Å². The minimum Gasteiger partial charge on any atom is -0.422 e. The van der Waals surface area contributed by atoms with Crippen molar-refractivity contribution >= 4 is 30.0 Å². The summed E-state index contributed by atoms with van der Waals surface area (Å²) in [6.45, 7) is 4.18. The van der Waals surface area contributed by atoms with Gasteiger partial charge in [-0.3, -0.25) is 0 Å². The maximum absolute atomic E-state index is 13.7. The summed E-state index contributed by atoms with van der Waals surface area (Å²) in [4.78, 5) is 12.5. The quantitative estimate of drug-likeness (QED) is 0.292. The average molecular weight is 393 g/mol. The highest BCUT2D eigenvalue weighted by Gasteiger charge is 2.28. The molecule has 140 valence electrons. The number of carbonyl (C=O) groups is 1. The molecule has 0 radical (unpaired) electrons. The van der Waals surface area contributed by atoms with E-state index in [0.717, 1.165) is 25.7 Å². The van der Waals surface area contributed by atoms with Gasteiger partial charge in [0.15, 0.2) is 0 Å². The molecule has 2 aromatic rings. The molecule has 0 aliphatic heterocycles. The third-order valence-corrected chi connectivity index (χ3v) is 8.00. The summed E-state index contributed by atoms with van der Waals surface area (Å²) in [5.74, 6) is -0.145. The molecule has 3 nitrogen and oxygen atoms in total. The van der Waals surface area contributed by atoms with E-state index in [9.17, 15) is 9.36 Å². The fourth-order valence-electron chi connectivity index (χ4n) is 2.84. The number of unbranched alkanes of at least 4 members (excludes halogenated alkanes) is 2. The summed E-state index contributed by atoms with van der Waals surface area (Å²) in [5.41, 5.74) is 0.306. The molecule has 0 fully saturated rings. The van der Waals surface area contributed by atoms with Gasteiger partial charge in [0.1, 0.15) is 12.9 Å². The van der Waals surface area contributed by atoms with Crippen molar-refractivity contribution in [3.05, 3.63) is 59.1 Å². The van der Waals surface area contributed by atoms with Crippen molar-refractivity contribution in [3.63, 3.8) is 0 Å². The normalized spacial score (nSPS) is 11.3. The molecule has 0 spiro atoms. The molecule has 0 bridgehead atoms. The monoisotopic (exact) mass is 392 g/mol.